The van der Waals surface area contributed by atoms with E-state index in [2.05, 4.69) is 43.1 Å². The molecule has 0 fully saturated rings. The van der Waals surface area contributed by atoms with Crippen LogP contribution in [0.3, 0.4) is 0 Å². The highest BCUT2D eigenvalue weighted by Gasteiger charge is 2.13. The molecule has 0 unspecified atom stereocenters. The van der Waals surface area contributed by atoms with Crippen LogP contribution in [0.5, 0.6) is 0 Å². The lowest BCUT2D eigenvalue weighted by atomic mass is 9.97. The second-order valence-electron chi connectivity index (χ2n) is 3.83. The summed E-state index contributed by atoms with van der Waals surface area (Å²) in [6, 6.07) is 0. The molecule has 0 heterocycles. The fraction of sp³-hybridized carbons (Fsp3) is 0.900. The van der Waals surface area contributed by atoms with Gasteiger partial charge in [0.25, 0.3) is 0 Å². The van der Waals surface area contributed by atoms with Gasteiger partial charge in [0.05, 0.1) is 10.7 Å². The van der Waals surface area contributed by atoms with Crippen LogP contribution in [0, 0.1) is 0 Å². The van der Waals surface area contributed by atoms with Gasteiger partial charge < -0.3 is 0 Å². The molecule has 0 aliphatic carbocycles. The van der Waals surface area contributed by atoms with Gasteiger partial charge in [-0.2, -0.15) is 0 Å². The molecule has 0 amide bonds. The van der Waals surface area contributed by atoms with Gasteiger partial charge in [-0.3, -0.25) is 0 Å². The van der Waals surface area contributed by atoms with E-state index in [0.29, 0.717) is 0 Å². The number of hydrogen-bond acceptors (Lipinski definition) is 2. The summed E-state index contributed by atoms with van der Waals surface area (Å²) in [4.78, 5) is 4.12. The Kier molecular flexibility index (Phi) is 6.23. The predicted molar refractivity (Wildman–Crippen MR) is 57.9 cm³/mol. The molecule has 70 valence electrons. The fourth-order valence-electron chi connectivity index (χ4n) is 1.16. The van der Waals surface area contributed by atoms with Gasteiger partial charge in [0.2, 0.25) is 0 Å². The highest BCUT2D eigenvalue weighted by molar-refractivity contribution is 7.78. The third-order valence-electron chi connectivity index (χ3n) is 1.99. The van der Waals surface area contributed by atoms with Crippen LogP contribution in [0.25, 0.3) is 0 Å². The van der Waals surface area contributed by atoms with Gasteiger partial charge in [-0.25, -0.2) is 4.99 Å². The summed E-state index contributed by atoms with van der Waals surface area (Å²) >= 11 is 4.59. The molecule has 2 heteroatoms. The van der Waals surface area contributed by atoms with E-state index in [0.717, 1.165) is 6.42 Å². The van der Waals surface area contributed by atoms with E-state index in [1.54, 1.807) is 0 Å². The minimum absolute atomic E-state index is 0.00942. The molecule has 0 aromatic heterocycles. The van der Waals surface area contributed by atoms with Gasteiger partial charge in [-0.1, -0.05) is 32.6 Å². The molecular weight excluding hydrogens is 166 g/mol. The first-order chi connectivity index (χ1) is 5.62. The summed E-state index contributed by atoms with van der Waals surface area (Å²) in [6.45, 7) is 6.44. The zero-order valence-electron chi connectivity index (χ0n) is 8.39. The quantitative estimate of drug-likeness (QED) is 0.348. The van der Waals surface area contributed by atoms with Crippen LogP contribution in [-0.2, 0) is 0 Å². The van der Waals surface area contributed by atoms with Crippen molar-refractivity contribution < 1.29 is 0 Å². The zero-order chi connectivity index (χ0) is 9.45. The SMILES string of the molecule is CCCCCCC(C)(C)N=C=S. The molecule has 0 aliphatic heterocycles. The average Bonchev–Trinajstić information content (AvgIpc) is 1.98. The molecule has 12 heavy (non-hydrogen) atoms. The Morgan fingerprint density at radius 2 is 1.92 bits per heavy atom. The molecule has 0 aliphatic rings. The standard InChI is InChI=1S/C10H19NS/c1-4-5-6-7-8-10(2,3)11-9-12/h4-8H2,1-3H3. The highest BCUT2D eigenvalue weighted by atomic mass is 32.1. The number of isothiocyanates is 1. The molecule has 0 aromatic rings. The Bertz CT molecular complexity index is 157. The lowest BCUT2D eigenvalue weighted by molar-refractivity contribution is 0.450. The summed E-state index contributed by atoms with van der Waals surface area (Å²) < 4.78 is 0. The fourth-order valence-corrected chi connectivity index (χ4v) is 1.41. The van der Waals surface area contributed by atoms with Gasteiger partial charge in [0, 0.05) is 0 Å². The molecule has 1 nitrogen and oxygen atoms in total. The molecule has 0 N–H and O–H groups in total. The van der Waals surface area contributed by atoms with Gasteiger partial charge in [0.15, 0.2) is 0 Å². The van der Waals surface area contributed by atoms with Gasteiger partial charge in [-0.05, 0) is 32.5 Å². The first-order valence-electron chi connectivity index (χ1n) is 4.71. The molecule has 0 spiro atoms. The number of rotatable bonds is 6. The summed E-state index contributed by atoms with van der Waals surface area (Å²) in [5, 5.41) is 2.46. The molecule has 0 atom stereocenters. The van der Waals surface area contributed by atoms with Crippen LogP contribution in [0.4, 0.5) is 0 Å². The predicted octanol–water partition coefficient (Wildman–Crippen LogP) is 3.84. The first kappa shape index (κ1) is 11.8. The van der Waals surface area contributed by atoms with E-state index in [1.165, 1.54) is 25.7 Å². The Balaban J connectivity index is 3.54. The Morgan fingerprint density at radius 3 is 2.42 bits per heavy atom. The van der Waals surface area contributed by atoms with Crippen molar-refractivity contribution in [3.63, 3.8) is 0 Å². The molecular formula is C10H19NS. The molecule has 0 saturated heterocycles. The van der Waals surface area contributed by atoms with Crippen LogP contribution in [0.15, 0.2) is 4.99 Å². The van der Waals surface area contributed by atoms with E-state index in [9.17, 15) is 0 Å². The molecule has 0 saturated carbocycles. The number of hydrogen-bond donors (Lipinski definition) is 0. The lowest BCUT2D eigenvalue weighted by Crippen LogP contribution is -2.15. The third kappa shape index (κ3) is 6.51. The van der Waals surface area contributed by atoms with Crippen molar-refractivity contribution in [2.75, 3.05) is 0 Å². The second-order valence-corrected chi connectivity index (χ2v) is 4.01. The topological polar surface area (TPSA) is 12.4 Å². The van der Waals surface area contributed by atoms with Gasteiger partial charge >= 0.3 is 0 Å². The largest absolute Gasteiger partial charge is 0.226 e. The third-order valence-corrected chi connectivity index (χ3v) is 2.08. The van der Waals surface area contributed by atoms with E-state index in [4.69, 9.17) is 0 Å². The van der Waals surface area contributed by atoms with Crippen LogP contribution in [-0.4, -0.2) is 10.7 Å². The minimum Gasteiger partial charge on any atom is -0.226 e. The summed E-state index contributed by atoms with van der Waals surface area (Å²) in [5.41, 5.74) is 0.00942. The van der Waals surface area contributed by atoms with Crippen molar-refractivity contribution in [3.05, 3.63) is 0 Å². The van der Waals surface area contributed by atoms with Gasteiger partial charge in [-0.15, -0.1) is 0 Å². The zero-order valence-corrected chi connectivity index (χ0v) is 9.21. The maximum atomic E-state index is 4.59. The minimum atomic E-state index is 0.00942. The van der Waals surface area contributed by atoms with E-state index >= 15 is 0 Å². The normalized spacial score (nSPS) is 10.9. The van der Waals surface area contributed by atoms with E-state index < -0.39 is 0 Å². The van der Waals surface area contributed by atoms with Crippen LogP contribution in [0.2, 0.25) is 0 Å². The first-order valence-corrected chi connectivity index (χ1v) is 5.12. The lowest BCUT2D eigenvalue weighted by Gasteiger charge is -2.16. The summed E-state index contributed by atoms with van der Waals surface area (Å²) in [7, 11) is 0. The summed E-state index contributed by atoms with van der Waals surface area (Å²) in [5.74, 6) is 0. The van der Waals surface area contributed by atoms with Crippen molar-refractivity contribution in [2.45, 2.75) is 58.4 Å². The van der Waals surface area contributed by atoms with Crippen LogP contribution < -0.4 is 0 Å². The van der Waals surface area contributed by atoms with Crippen molar-refractivity contribution in [1.82, 2.24) is 0 Å². The molecule has 0 rings (SSSR count). The maximum Gasteiger partial charge on any atom is 0.0655 e. The van der Waals surface area contributed by atoms with Crippen molar-refractivity contribution in [2.24, 2.45) is 4.99 Å². The molecule has 0 bridgehead atoms. The van der Waals surface area contributed by atoms with Crippen LogP contribution in [0.1, 0.15) is 52.9 Å². The van der Waals surface area contributed by atoms with Crippen molar-refractivity contribution in [3.8, 4) is 0 Å². The average molecular weight is 185 g/mol. The smallest absolute Gasteiger partial charge is 0.0655 e. The molecule has 0 radical (unpaired) electrons. The maximum absolute atomic E-state index is 4.59. The van der Waals surface area contributed by atoms with Gasteiger partial charge in [0.1, 0.15) is 0 Å². The highest BCUT2D eigenvalue weighted by Crippen LogP contribution is 2.17. The van der Waals surface area contributed by atoms with Crippen molar-refractivity contribution in [1.29, 1.82) is 0 Å². The number of unbranched alkanes of at least 4 members (excludes halogenated alkanes) is 3. The second kappa shape index (κ2) is 6.33. The molecule has 0 aromatic carbocycles. The number of aliphatic imine (C=N–C) groups is 1. The van der Waals surface area contributed by atoms with E-state index in [1.807, 2.05) is 0 Å². The van der Waals surface area contributed by atoms with Crippen molar-refractivity contribution >= 4 is 17.4 Å². The monoisotopic (exact) mass is 185 g/mol. The Labute approximate surface area is 81.3 Å². The summed E-state index contributed by atoms with van der Waals surface area (Å²) in [6.07, 6.45) is 6.30. The van der Waals surface area contributed by atoms with Crippen LogP contribution >= 0.6 is 12.2 Å². The Hall–Kier alpha value is -0.200. The van der Waals surface area contributed by atoms with E-state index in [-0.39, 0.29) is 5.54 Å². The number of nitrogens with zero attached hydrogens (tertiary/aromatic N) is 1. The Morgan fingerprint density at radius 1 is 1.25 bits per heavy atom. The number of thiocarbonyl (C=S) groups is 1.